The molecule has 1 heterocycles. The van der Waals surface area contributed by atoms with Crippen LogP contribution >= 0.6 is 24.0 Å². The Balaban J connectivity index is 0.00000341. The summed E-state index contributed by atoms with van der Waals surface area (Å²) in [6, 6.07) is 16.1. The molecule has 3 aromatic rings. The van der Waals surface area contributed by atoms with E-state index in [2.05, 4.69) is 46.9 Å². The van der Waals surface area contributed by atoms with Crippen LogP contribution < -0.4 is 20.1 Å². The van der Waals surface area contributed by atoms with Crippen molar-refractivity contribution in [1.82, 2.24) is 20.4 Å². The van der Waals surface area contributed by atoms with Crippen LogP contribution in [-0.2, 0) is 19.6 Å². The highest BCUT2D eigenvalue weighted by atomic mass is 127. The van der Waals surface area contributed by atoms with Crippen molar-refractivity contribution >= 4 is 29.9 Å². The predicted molar refractivity (Wildman–Crippen MR) is 134 cm³/mol. The summed E-state index contributed by atoms with van der Waals surface area (Å²) in [6.45, 7) is 4.74. The first kappa shape index (κ1) is 24.5. The van der Waals surface area contributed by atoms with E-state index in [1.54, 1.807) is 20.4 Å². The van der Waals surface area contributed by atoms with Gasteiger partial charge in [-0.1, -0.05) is 24.3 Å². The zero-order valence-corrected chi connectivity index (χ0v) is 20.5. The number of aliphatic imine (C=N–C) groups is 1. The molecule has 0 unspecified atom stereocenters. The maximum absolute atomic E-state index is 5.48. The standard InChI is InChI=1S/C23H29N5O2.HI/c1-4-24-23(26-16-19-10-11-21(29-2)14-22(19)30-3)25-15-18-8-5-6-9-20(18)17-28-13-7-12-27-28;/h5-14H,4,15-17H2,1-3H3,(H2,24,25,26);1H. The molecule has 166 valence electrons. The molecule has 1 aromatic heterocycles. The molecular formula is C23H30IN5O2. The van der Waals surface area contributed by atoms with Gasteiger partial charge in [-0.15, -0.1) is 24.0 Å². The number of rotatable bonds is 9. The summed E-state index contributed by atoms with van der Waals surface area (Å²) < 4.78 is 12.7. The van der Waals surface area contributed by atoms with Gasteiger partial charge >= 0.3 is 0 Å². The number of aromatic nitrogens is 2. The second-order valence-electron chi connectivity index (χ2n) is 6.70. The van der Waals surface area contributed by atoms with Crippen molar-refractivity contribution in [3.05, 3.63) is 77.6 Å². The van der Waals surface area contributed by atoms with Gasteiger partial charge in [-0.05, 0) is 36.2 Å². The number of benzene rings is 2. The van der Waals surface area contributed by atoms with Gasteiger partial charge in [-0.25, -0.2) is 4.99 Å². The van der Waals surface area contributed by atoms with Crippen LogP contribution in [-0.4, -0.2) is 36.5 Å². The summed E-state index contributed by atoms with van der Waals surface area (Å²) in [6.07, 6.45) is 3.77. The number of ether oxygens (including phenoxy) is 2. The first-order valence-electron chi connectivity index (χ1n) is 10.0. The molecule has 0 spiro atoms. The van der Waals surface area contributed by atoms with E-state index in [0.29, 0.717) is 13.1 Å². The number of halogens is 1. The molecule has 3 rings (SSSR count). The van der Waals surface area contributed by atoms with Crippen molar-refractivity contribution < 1.29 is 9.47 Å². The average molecular weight is 535 g/mol. The fourth-order valence-electron chi connectivity index (χ4n) is 3.12. The lowest BCUT2D eigenvalue weighted by Crippen LogP contribution is -2.37. The predicted octanol–water partition coefficient (Wildman–Crippen LogP) is 3.82. The molecule has 0 aliphatic heterocycles. The van der Waals surface area contributed by atoms with Crippen molar-refractivity contribution in [2.45, 2.75) is 26.6 Å². The van der Waals surface area contributed by atoms with Crippen molar-refractivity contribution in [3.8, 4) is 11.5 Å². The Hall–Kier alpha value is -2.75. The summed E-state index contributed by atoms with van der Waals surface area (Å²) >= 11 is 0. The molecular weight excluding hydrogens is 505 g/mol. The van der Waals surface area contributed by atoms with E-state index < -0.39 is 0 Å². The molecule has 0 bridgehead atoms. The number of nitrogens with zero attached hydrogens (tertiary/aromatic N) is 3. The number of hydrogen-bond acceptors (Lipinski definition) is 4. The molecule has 0 saturated heterocycles. The molecule has 8 heteroatoms. The van der Waals surface area contributed by atoms with Crippen LogP contribution in [0.25, 0.3) is 0 Å². The molecule has 0 aliphatic rings. The van der Waals surface area contributed by atoms with Crippen molar-refractivity contribution in [2.75, 3.05) is 20.8 Å². The van der Waals surface area contributed by atoms with Gasteiger partial charge in [0.05, 0.1) is 27.3 Å². The molecule has 2 N–H and O–H groups in total. The van der Waals surface area contributed by atoms with E-state index in [1.165, 1.54) is 11.1 Å². The maximum atomic E-state index is 5.48. The van der Waals surface area contributed by atoms with E-state index in [9.17, 15) is 0 Å². The summed E-state index contributed by atoms with van der Waals surface area (Å²) in [7, 11) is 3.30. The largest absolute Gasteiger partial charge is 0.497 e. The minimum Gasteiger partial charge on any atom is -0.497 e. The first-order valence-corrected chi connectivity index (χ1v) is 10.0. The van der Waals surface area contributed by atoms with Crippen LogP contribution in [0.5, 0.6) is 11.5 Å². The molecule has 31 heavy (non-hydrogen) atoms. The summed E-state index contributed by atoms with van der Waals surface area (Å²) in [5.41, 5.74) is 3.43. The van der Waals surface area contributed by atoms with Crippen molar-refractivity contribution in [2.24, 2.45) is 4.99 Å². The lowest BCUT2D eigenvalue weighted by molar-refractivity contribution is 0.391. The van der Waals surface area contributed by atoms with Crippen molar-refractivity contribution in [3.63, 3.8) is 0 Å². The van der Waals surface area contributed by atoms with Gasteiger partial charge in [0, 0.05) is 37.1 Å². The number of guanidine groups is 1. The van der Waals surface area contributed by atoms with E-state index >= 15 is 0 Å². The van der Waals surface area contributed by atoms with Crippen molar-refractivity contribution in [1.29, 1.82) is 0 Å². The third-order valence-corrected chi connectivity index (χ3v) is 4.70. The third kappa shape index (κ3) is 7.16. The first-order chi connectivity index (χ1) is 14.7. The zero-order valence-electron chi connectivity index (χ0n) is 18.2. The summed E-state index contributed by atoms with van der Waals surface area (Å²) in [5.74, 6) is 2.28. The molecule has 0 aliphatic carbocycles. The summed E-state index contributed by atoms with van der Waals surface area (Å²) in [4.78, 5) is 4.72. The minimum absolute atomic E-state index is 0. The van der Waals surface area contributed by atoms with Crippen LogP contribution in [0.2, 0.25) is 0 Å². The fraction of sp³-hybridized carbons (Fsp3) is 0.304. The Morgan fingerprint density at radius 1 is 1.00 bits per heavy atom. The normalized spacial score (nSPS) is 10.9. The van der Waals surface area contributed by atoms with Gasteiger partial charge in [-0.3, -0.25) is 4.68 Å². The lowest BCUT2D eigenvalue weighted by atomic mass is 10.1. The van der Waals surface area contributed by atoms with Gasteiger partial charge in [0.2, 0.25) is 0 Å². The van der Waals surface area contributed by atoms with Gasteiger partial charge in [-0.2, -0.15) is 5.10 Å². The Morgan fingerprint density at radius 3 is 2.48 bits per heavy atom. The molecule has 0 amide bonds. The average Bonchev–Trinajstić information content (AvgIpc) is 3.29. The molecule has 0 saturated carbocycles. The fourth-order valence-corrected chi connectivity index (χ4v) is 3.12. The van der Waals surface area contributed by atoms with Crippen LogP contribution in [0.15, 0.2) is 65.9 Å². The molecule has 2 aromatic carbocycles. The Labute approximate surface area is 200 Å². The third-order valence-electron chi connectivity index (χ3n) is 4.70. The van der Waals surface area contributed by atoms with E-state index in [4.69, 9.17) is 14.5 Å². The summed E-state index contributed by atoms with van der Waals surface area (Å²) in [5, 5.41) is 11.0. The highest BCUT2D eigenvalue weighted by Crippen LogP contribution is 2.25. The quantitative estimate of drug-likeness (QED) is 0.248. The zero-order chi connectivity index (χ0) is 21.2. The van der Waals surface area contributed by atoms with Gasteiger partial charge < -0.3 is 20.1 Å². The molecule has 0 radical (unpaired) electrons. The molecule has 7 nitrogen and oxygen atoms in total. The van der Waals surface area contributed by atoms with E-state index in [0.717, 1.165) is 36.1 Å². The van der Waals surface area contributed by atoms with E-state index in [1.807, 2.05) is 35.1 Å². The Bertz CT molecular complexity index is 960. The Kier molecular flexibility index (Phi) is 10.2. The van der Waals surface area contributed by atoms with Crippen LogP contribution in [0.4, 0.5) is 0 Å². The van der Waals surface area contributed by atoms with Crippen LogP contribution in [0.1, 0.15) is 23.6 Å². The smallest absolute Gasteiger partial charge is 0.191 e. The minimum atomic E-state index is 0. The number of nitrogens with one attached hydrogen (secondary N) is 2. The van der Waals surface area contributed by atoms with Crippen LogP contribution in [0.3, 0.4) is 0 Å². The van der Waals surface area contributed by atoms with Gasteiger partial charge in [0.25, 0.3) is 0 Å². The number of hydrogen-bond donors (Lipinski definition) is 2. The Morgan fingerprint density at radius 2 is 1.81 bits per heavy atom. The second-order valence-corrected chi connectivity index (χ2v) is 6.70. The lowest BCUT2D eigenvalue weighted by Gasteiger charge is -2.15. The number of methoxy groups -OCH3 is 2. The van der Waals surface area contributed by atoms with Gasteiger partial charge in [0.15, 0.2) is 5.96 Å². The topological polar surface area (TPSA) is 72.7 Å². The molecule has 0 fully saturated rings. The molecule has 0 atom stereocenters. The van der Waals surface area contributed by atoms with Gasteiger partial charge in [0.1, 0.15) is 11.5 Å². The second kappa shape index (κ2) is 12.8. The highest BCUT2D eigenvalue weighted by Gasteiger charge is 2.07. The maximum Gasteiger partial charge on any atom is 0.191 e. The van der Waals surface area contributed by atoms with E-state index in [-0.39, 0.29) is 24.0 Å². The van der Waals surface area contributed by atoms with Crippen LogP contribution in [0, 0.1) is 0 Å². The highest BCUT2D eigenvalue weighted by molar-refractivity contribution is 14.0. The monoisotopic (exact) mass is 535 g/mol. The SMILES string of the molecule is CCNC(=NCc1ccc(OC)cc1OC)NCc1ccccc1Cn1cccn1.I.